The van der Waals surface area contributed by atoms with Crippen LogP contribution in [0.15, 0.2) is 48.5 Å². The Morgan fingerprint density at radius 1 is 1.04 bits per heavy atom. The molecule has 0 saturated carbocycles. The minimum atomic E-state index is -0.108. The molecule has 0 radical (unpaired) electrons. The van der Waals surface area contributed by atoms with E-state index < -0.39 is 0 Å². The van der Waals surface area contributed by atoms with E-state index in [2.05, 4.69) is 34.9 Å². The van der Waals surface area contributed by atoms with Crippen LogP contribution >= 0.6 is 0 Å². The van der Waals surface area contributed by atoms with Crippen molar-refractivity contribution in [3.8, 4) is 0 Å². The molecule has 3 rings (SSSR count). The van der Waals surface area contributed by atoms with Crippen molar-refractivity contribution in [2.75, 3.05) is 7.11 Å². The fourth-order valence-electron chi connectivity index (χ4n) is 3.00. The second-order valence-corrected chi connectivity index (χ2v) is 5.95. The molecule has 4 nitrogen and oxygen atoms in total. The third-order valence-corrected chi connectivity index (χ3v) is 4.17. The number of carbonyl (C=O) groups excluding carboxylic acids is 1. The average Bonchev–Trinajstić information content (AvgIpc) is 2.96. The van der Waals surface area contributed by atoms with Crippen molar-refractivity contribution >= 4 is 6.03 Å². The Morgan fingerprint density at radius 2 is 1.65 bits per heavy atom. The van der Waals surface area contributed by atoms with E-state index in [0.717, 1.165) is 24.0 Å². The number of hydrogen-bond donors (Lipinski definition) is 2. The molecular formula is C19H22N2O2. The lowest BCUT2D eigenvalue weighted by molar-refractivity contribution is 0.185. The number of amides is 2. The quantitative estimate of drug-likeness (QED) is 0.892. The van der Waals surface area contributed by atoms with E-state index in [4.69, 9.17) is 4.74 Å². The van der Waals surface area contributed by atoms with Crippen molar-refractivity contribution in [3.05, 3.63) is 70.8 Å². The summed E-state index contributed by atoms with van der Waals surface area (Å²) in [6.45, 7) is 1.13. The number of urea groups is 1. The first-order valence-electron chi connectivity index (χ1n) is 7.92. The number of methoxy groups -OCH3 is 1. The molecule has 0 atom stereocenters. The third-order valence-electron chi connectivity index (χ3n) is 4.17. The van der Waals surface area contributed by atoms with Gasteiger partial charge in [-0.05, 0) is 35.1 Å². The van der Waals surface area contributed by atoms with Gasteiger partial charge in [-0.1, -0.05) is 48.5 Å². The highest BCUT2D eigenvalue weighted by Gasteiger charge is 2.22. The van der Waals surface area contributed by atoms with Crippen LogP contribution in [0.5, 0.6) is 0 Å². The summed E-state index contributed by atoms with van der Waals surface area (Å²) in [5, 5.41) is 5.98. The van der Waals surface area contributed by atoms with Gasteiger partial charge in [0.15, 0.2) is 0 Å². The maximum Gasteiger partial charge on any atom is 0.315 e. The zero-order chi connectivity index (χ0) is 16.1. The number of nitrogens with one attached hydrogen (secondary N) is 2. The van der Waals surface area contributed by atoms with E-state index in [9.17, 15) is 4.79 Å². The van der Waals surface area contributed by atoms with E-state index >= 15 is 0 Å². The molecule has 120 valence electrons. The van der Waals surface area contributed by atoms with E-state index in [1.165, 1.54) is 11.1 Å². The fraction of sp³-hybridized carbons (Fsp3) is 0.316. The first-order valence-corrected chi connectivity index (χ1v) is 7.92. The van der Waals surface area contributed by atoms with Crippen molar-refractivity contribution in [1.82, 2.24) is 10.6 Å². The van der Waals surface area contributed by atoms with E-state index in [-0.39, 0.29) is 12.1 Å². The van der Waals surface area contributed by atoms with Crippen LogP contribution < -0.4 is 10.6 Å². The van der Waals surface area contributed by atoms with Gasteiger partial charge < -0.3 is 15.4 Å². The Hall–Kier alpha value is -2.33. The van der Waals surface area contributed by atoms with Gasteiger partial charge in [-0.2, -0.15) is 0 Å². The molecule has 0 aromatic heterocycles. The van der Waals surface area contributed by atoms with Crippen LogP contribution in [-0.4, -0.2) is 19.2 Å². The molecule has 0 fully saturated rings. The van der Waals surface area contributed by atoms with Crippen molar-refractivity contribution < 1.29 is 9.53 Å². The fourth-order valence-corrected chi connectivity index (χ4v) is 3.00. The number of hydrogen-bond acceptors (Lipinski definition) is 2. The molecule has 0 unspecified atom stereocenters. The Labute approximate surface area is 136 Å². The van der Waals surface area contributed by atoms with Crippen molar-refractivity contribution in [2.45, 2.75) is 32.0 Å². The number of benzene rings is 2. The number of ether oxygens (including phenoxy) is 1. The van der Waals surface area contributed by atoms with Crippen LogP contribution in [0.1, 0.15) is 22.3 Å². The SMILES string of the molecule is COCc1ccc(CNC(=O)NC2Cc3ccccc3C2)cc1. The third kappa shape index (κ3) is 4.11. The molecular weight excluding hydrogens is 288 g/mol. The predicted octanol–water partition coefficient (Wildman–Crippen LogP) is 2.80. The molecule has 2 amide bonds. The monoisotopic (exact) mass is 310 g/mol. The van der Waals surface area contributed by atoms with E-state index in [0.29, 0.717) is 13.2 Å². The van der Waals surface area contributed by atoms with Gasteiger partial charge in [0, 0.05) is 19.7 Å². The predicted molar refractivity (Wildman–Crippen MR) is 90.2 cm³/mol. The van der Waals surface area contributed by atoms with Crippen LogP contribution in [0.25, 0.3) is 0 Å². The number of rotatable bonds is 5. The van der Waals surface area contributed by atoms with Gasteiger partial charge in [-0.3, -0.25) is 0 Å². The summed E-state index contributed by atoms with van der Waals surface area (Å²) in [6.07, 6.45) is 1.82. The first kappa shape index (κ1) is 15.6. The van der Waals surface area contributed by atoms with Gasteiger partial charge in [0.05, 0.1) is 6.61 Å². The van der Waals surface area contributed by atoms with Crippen molar-refractivity contribution in [3.63, 3.8) is 0 Å². The standard InChI is InChI=1S/C19H22N2O2/c1-23-13-15-8-6-14(7-9-15)12-20-19(22)21-18-10-16-4-2-3-5-17(16)11-18/h2-9,18H,10-13H2,1H3,(H2,20,21,22). The molecule has 2 aromatic rings. The molecule has 0 spiro atoms. The molecule has 4 heteroatoms. The van der Waals surface area contributed by atoms with Crippen molar-refractivity contribution in [2.24, 2.45) is 0 Å². The Kier molecular flexibility index (Phi) is 4.93. The lowest BCUT2D eigenvalue weighted by atomic mass is 10.1. The summed E-state index contributed by atoms with van der Waals surface area (Å²) in [6, 6.07) is 16.5. The summed E-state index contributed by atoms with van der Waals surface area (Å²) in [7, 11) is 1.68. The van der Waals surface area contributed by atoms with E-state index in [1.807, 2.05) is 24.3 Å². The van der Waals surface area contributed by atoms with E-state index in [1.54, 1.807) is 7.11 Å². The molecule has 0 bridgehead atoms. The molecule has 0 saturated heterocycles. The smallest absolute Gasteiger partial charge is 0.315 e. The summed E-state index contributed by atoms with van der Waals surface area (Å²) in [4.78, 5) is 12.1. The average molecular weight is 310 g/mol. The lowest BCUT2D eigenvalue weighted by Gasteiger charge is -2.13. The highest BCUT2D eigenvalue weighted by Crippen LogP contribution is 2.21. The number of carbonyl (C=O) groups is 1. The highest BCUT2D eigenvalue weighted by atomic mass is 16.5. The Morgan fingerprint density at radius 3 is 2.26 bits per heavy atom. The number of fused-ring (bicyclic) bond motifs is 1. The van der Waals surface area contributed by atoms with Gasteiger partial charge in [-0.25, -0.2) is 4.79 Å². The van der Waals surface area contributed by atoms with Gasteiger partial charge in [-0.15, -0.1) is 0 Å². The molecule has 1 aliphatic rings. The topological polar surface area (TPSA) is 50.4 Å². The maximum absolute atomic E-state index is 12.1. The summed E-state index contributed by atoms with van der Waals surface area (Å²) >= 11 is 0. The second-order valence-electron chi connectivity index (χ2n) is 5.95. The van der Waals surface area contributed by atoms with Crippen LogP contribution in [-0.2, 0) is 30.7 Å². The Bertz CT molecular complexity index is 642. The molecule has 0 heterocycles. The zero-order valence-corrected chi connectivity index (χ0v) is 13.3. The van der Waals surface area contributed by atoms with Crippen LogP contribution in [0.4, 0.5) is 4.79 Å². The highest BCUT2D eigenvalue weighted by molar-refractivity contribution is 5.74. The first-order chi connectivity index (χ1) is 11.2. The second kappa shape index (κ2) is 7.29. The Balaban J connectivity index is 1.45. The minimum Gasteiger partial charge on any atom is -0.380 e. The minimum absolute atomic E-state index is 0.108. The van der Waals surface area contributed by atoms with Gasteiger partial charge in [0.25, 0.3) is 0 Å². The summed E-state index contributed by atoms with van der Waals surface area (Å²) < 4.78 is 5.09. The normalized spacial score (nSPS) is 13.6. The molecule has 2 N–H and O–H groups in total. The zero-order valence-electron chi connectivity index (χ0n) is 13.3. The lowest BCUT2D eigenvalue weighted by Crippen LogP contribution is -2.42. The van der Waals surface area contributed by atoms with Gasteiger partial charge in [0.1, 0.15) is 0 Å². The van der Waals surface area contributed by atoms with Crippen molar-refractivity contribution in [1.29, 1.82) is 0 Å². The molecule has 0 aliphatic heterocycles. The maximum atomic E-state index is 12.1. The summed E-state index contributed by atoms with van der Waals surface area (Å²) in [5.74, 6) is 0. The van der Waals surface area contributed by atoms with Crippen LogP contribution in [0, 0.1) is 0 Å². The summed E-state index contributed by atoms with van der Waals surface area (Å²) in [5.41, 5.74) is 4.89. The molecule has 2 aromatic carbocycles. The van der Waals surface area contributed by atoms with Crippen LogP contribution in [0.3, 0.4) is 0 Å². The largest absolute Gasteiger partial charge is 0.380 e. The molecule has 1 aliphatic carbocycles. The van der Waals surface area contributed by atoms with Gasteiger partial charge in [0.2, 0.25) is 0 Å². The van der Waals surface area contributed by atoms with Gasteiger partial charge >= 0.3 is 6.03 Å². The molecule has 23 heavy (non-hydrogen) atoms. The van der Waals surface area contributed by atoms with Crippen LogP contribution in [0.2, 0.25) is 0 Å².